The fraction of sp³-hybridized carbons (Fsp3) is 0.333. The minimum atomic E-state index is -0.234. The van der Waals surface area contributed by atoms with E-state index in [1.54, 1.807) is 17.4 Å². The molecule has 0 aliphatic rings. The molecule has 0 saturated heterocycles. The van der Waals surface area contributed by atoms with E-state index in [1.165, 1.54) is 6.08 Å². The number of ketones is 1. The topological polar surface area (TPSA) is 46.2 Å². The molecule has 1 N–H and O–H groups in total. The van der Waals surface area contributed by atoms with Crippen molar-refractivity contribution in [1.29, 1.82) is 0 Å². The monoisotopic (exact) mass is 237 g/mol. The lowest BCUT2D eigenvalue weighted by molar-refractivity contribution is -0.124. The zero-order valence-electron chi connectivity index (χ0n) is 9.40. The van der Waals surface area contributed by atoms with Gasteiger partial charge in [-0.25, -0.2) is 0 Å². The number of Topliss-reactive ketones (excluding diaryl/α,β-unsaturated/α-hetero) is 1. The molecule has 0 radical (unpaired) electrons. The fourth-order valence-electron chi connectivity index (χ4n) is 0.981. The third-order valence-corrected chi connectivity index (χ3v) is 2.86. The van der Waals surface area contributed by atoms with Crippen molar-refractivity contribution in [2.45, 2.75) is 13.8 Å². The third-order valence-electron chi connectivity index (χ3n) is 2.02. The Bertz CT molecular complexity index is 380. The van der Waals surface area contributed by atoms with E-state index in [2.05, 4.69) is 5.32 Å². The van der Waals surface area contributed by atoms with Gasteiger partial charge in [-0.05, 0) is 17.5 Å². The second-order valence-electron chi connectivity index (χ2n) is 3.69. The lowest BCUT2D eigenvalue weighted by Gasteiger charge is -2.03. The predicted molar refractivity (Wildman–Crippen MR) is 66.2 cm³/mol. The lowest BCUT2D eigenvalue weighted by atomic mass is 10.1. The van der Waals surface area contributed by atoms with E-state index >= 15 is 0 Å². The van der Waals surface area contributed by atoms with Gasteiger partial charge in [-0.3, -0.25) is 9.59 Å². The van der Waals surface area contributed by atoms with Gasteiger partial charge in [0.2, 0.25) is 5.91 Å². The number of thiophene rings is 1. The molecule has 0 saturated carbocycles. The van der Waals surface area contributed by atoms with E-state index < -0.39 is 0 Å². The fourth-order valence-corrected chi connectivity index (χ4v) is 1.60. The molecule has 16 heavy (non-hydrogen) atoms. The number of amides is 1. The Labute approximate surface area is 99.2 Å². The Hall–Kier alpha value is -1.42. The highest BCUT2D eigenvalue weighted by Crippen LogP contribution is 2.09. The second kappa shape index (κ2) is 6.23. The highest BCUT2D eigenvalue weighted by atomic mass is 32.1. The van der Waals surface area contributed by atoms with E-state index in [4.69, 9.17) is 0 Å². The molecule has 0 aliphatic carbocycles. The number of rotatable bonds is 5. The van der Waals surface area contributed by atoms with Gasteiger partial charge in [0.25, 0.3) is 0 Å². The smallest absolute Gasteiger partial charge is 0.244 e. The highest BCUT2D eigenvalue weighted by Gasteiger charge is 2.07. The molecule has 3 nitrogen and oxygen atoms in total. The van der Waals surface area contributed by atoms with Crippen LogP contribution >= 0.6 is 11.3 Å². The maximum Gasteiger partial charge on any atom is 0.244 e. The van der Waals surface area contributed by atoms with Crippen LogP contribution in [0.4, 0.5) is 0 Å². The van der Waals surface area contributed by atoms with Gasteiger partial charge in [-0.15, -0.1) is 11.3 Å². The Kier molecular flexibility index (Phi) is 4.92. The number of carbonyl (C=O) groups is 2. The SMILES string of the molecule is CC(C)C(=O)CNC(=O)/C=C/c1cccs1. The van der Waals surface area contributed by atoms with E-state index in [0.717, 1.165) is 4.88 Å². The molecule has 0 fully saturated rings. The van der Waals surface area contributed by atoms with E-state index in [0.29, 0.717) is 0 Å². The average molecular weight is 237 g/mol. The van der Waals surface area contributed by atoms with E-state index in [-0.39, 0.29) is 24.2 Å². The molecule has 0 bridgehead atoms. The average Bonchev–Trinajstić information content (AvgIpc) is 2.75. The van der Waals surface area contributed by atoms with Gasteiger partial charge >= 0.3 is 0 Å². The molecule has 4 heteroatoms. The van der Waals surface area contributed by atoms with Crippen molar-refractivity contribution in [2.24, 2.45) is 5.92 Å². The maximum atomic E-state index is 11.3. The van der Waals surface area contributed by atoms with Crippen molar-refractivity contribution in [3.63, 3.8) is 0 Å². The van der Waals surface area contributed by atoms with Crippen LogP contribution in [0.15, 0.2) is 23.6 Å². The number of nitrogens with one attached hydrogen (secondary N) is 1. The van der Waals surface area contributed by atoms with Crippen LogP contribution < -0.4 is 5.32 Å². The molecule has 1 aromatic heterocycles. The minimum absolute atomic E-state index is 0.0397. The summed E-state index contributed by atoms with van der Waals surface area (Å²) in [5.74, 6) is -0.234. The van der Waals surface area contributed by atoms with Crippen molar-refractivity contribution in [1.82, 2.24) is 5.32 Å². The van der Waals surface area contributed by atoms with Crippen LogP contribution in [0.1, 0.15) is 18.7 Å². The van der Waals surface area contributed by atoms with Gasteiger partial charge in [-0.1, -0.05) is 19.9 Å². The zero-order chi connectivity index (χ0) is 12.0. The molecular formula is C12H15NO2S. The van der Waals surface area contributed by atoms with Gasteiger partial charge < -0.3 is 5.32 Å². The third kappa shape index (κ3) is 4.40. The zero-order valence-corrected chi connectivity index (χ0v) is 10.2. The summed E-state index contributed by atoms with van der Waals surface area (Å²) in [6.45, 7) is 3.73. The molecule has 0 spiro atoms. The summed E-state index contributed by atoms with van der Waals surface area (Å²) in [6.07, 6.45) is 3.18. The first kappa shape index (κ1) is 12.6. The molecule has 1 aromatic rings. The molecule has 0 unspecified atom stereocenters. The van der Waals surface area contributed by atoms with Crippen LogP contribution in [0.3, 0.4) is 0 Å². The van der Waals surface area contributed by atoms with Gasteiger partial charge in [-0.2, -0.15) is 0 Å². The van der Waals surface area contributed by atoms with Crippen molar-refractivity contribution >= 4 is 29.1 Å². The molecule has 1 heterocycles. The van der Waals surface area contributed by atoms with Gasteiger partial charge in [0.1, 0.15) is 0 Å². The van der Waals surface area contributed by atoms with Gasteiger partial charge in [0.05, 0.1) is 6.54 Å². The summed E-state index contributed by atoms with van der Waals surface area (Å²) >= 11 is 1.56. The lowest BCUT2D eigenvalue weighted by Crippen LogP contribution is -2.30. The predicted octanol–water partition coefficient (Wildman–Crippen LogP) is 2.10. The van der Waals surface area contributed by atoms with Crippen LogP contribution in [-0.2, 0) is 9.59 Å². The first-order chi connectivity index (χ1) is 7.59. The highest BCUT2D eigenvalue weighted by molar-refractivity contribution is 7.10. The summed E-state index contributed by atoms with van der Waals surface area (Å²) in [7, 11) is 0. The van der Waals surface area contributed by atoms with Crippen LogP contribution in [0.2, 0.25) is 0 Å². The quantitative estimate of drug-likeness (QED) is 0.797. The van der Waals surface area contributed by atoms with Crippen LogP contribution in [-0.4, -0.2) is 18.2 Å². The van der Waals surface area contributed by atoms with E-state index in [1.807, 2.05) is 31.4 Å². The van der Waals surface area contributed by atoms with Crippen LogP contribution in [0, 0.1) is 5.92 Å². The van der Waals surface area contributed by atoms with Crippen molar-refractivity contribution < 1.29 is 9.59 Å². The van der Waals surface area contributed by atoms with Crippen molar-refractivity contribution in [3.8, 4) is 0 Å². The normalized spacial score (nSPS) is 10.9. The summed E-state index contributed by atoms with van der Waals surface area (Å²) in [4.78, 5) is 23.6. The largest absolute Gasteiger partial charge is 0.345 e. The maximum absolute atomic E-state index is 11.3. The van der Waals surface area contributed by atoms with Crippen LogP contribution in [0.5, 0.6) is 0 Å². The molecule has 0 aromatic carbocycles. The second-order valence-corrected chi connectivity index (χ2v) is 4.67. The molecular weight excluding hydrogens is 222 g/mol. The Balaban J connectivity index is 2.34. The summed E-state index contributed by atoms with van der Waals surface area (Å²) in [6, 6.07) is 3.85. The van der Waals surface area contributed by atoms with Gasteiger partial charge in [0, 0.05) is 16.9 Å². The Morgan fingerprint density at radius 1 is 1.50 bits per heavy atom. The van der Waals surface area contributed by atoms with E-state index in [9.17, 15) is 9.59 Å². The summed E-state index contributed by atoms with van der Waals surface area (Å²) in [5.41, 5.74) is 0. The Morgan fingerprint density at radius 2 is 2.25 bits per heavy atom. The number of carbonyl (C=O) groups excluding carboxylic acids is 2. The number of hydrogen-bond acceptors (Lipinski definition) is 3. The first-order valence-corrected chi connectivity index (χ1v) is 5.99. The Morgan fingerprint density at radius 3 is 2.81 bits per heavy atom. The van der Waals surface area contributed by atoms with Gasteiger partial charge in [0.15, 0.2) is 5.78 Å². The first-order valence-electron chi connectivity index (χ1n) is 5.11. The number of hydrogen-bond donors (Lipinski definition) is 1. The molecule has 1 rings (SSSR count). The molecule has 86 valence electrons. The standard InChI is InChI=1S/C12H15NO2S/c1-9(2)11(14)8-13-12(15)6-5-10-4-3-7-16-10/h3-7,9H,8H2,1-2H3,(H,13,15)/b6-5+. The minimum Gasteiger partial charge on any atom is -0.345 e. The summed E-state index contributed by atoms with van der Waals surface area (Å²) in [5, 5.41) is 4.50. The molecule has 0 atom stereocenters. The molecule has 0 aliphatic heterocycles. The van der Waals surface area contributed by atoms with Crippen molar-refractivity contribution in [3.05, 3.63) is 28.5 Å². The molecule has 1 amide bonds. The van der Waals surface area contributed by atoms with Crippen molar-refractivity contribution in [2.75, 3.05) is 6.54 Å². The van der Waals surface area contributed by atoms with Crippen LogP contribution in [0.25, 0.3) is 6.08 Å². The summed E-state index contributed by atoms with van der Waals surface area (Å²) < 4.78 is 0.